The molecule has 0 aliphatic heterocycles. The Morgan fingerprint density at radius 1 is 1.37 bits per heavy atom. The molecule has 0 bridgehead atoms. The maximum absolute atomic E-state index is 11.6. The number of hydrogen-bond donors (Lipinski definition) is 1. The molecule has 0 radical (unpaired) electrons. The third-order valence-corrected chi connectivity index (χ3v) is 3.73. The Balaban J connectivity index is 2.04. The van der Waals surface area contributed by atoms with Crippen molar-refractivity contribution in [2.24, 2.45) is 5.92 Å². The van der Waals surface area contributed by atoms with Crippen LogP contribution in [0.4, 0.5) is 5.82 Å². The molecule has 1 aromatic heterocycles. The Labute approximate surface area is 114 Å². The van der Waals surface area contributed by atoms with Crippen LogP contribution < -0.4 is 5.73 Å². The number of hydrogen-bond acceptors (Lipinski definition) is 4. The first kappa shape index (κ1) is 13.8. The van der Waals surface area contributed by atoms with Crippen molar-refractivity contribution in [2.45, 2.75) is 45.4 Å². The Kier molecular flexibility index (Phi) is 4.77. The van der Waals surface area contributed by atoms with Crippen LogP contribution in [0.1, 0.15) is 55.1 Å². The van der Waals surface area contributed by atoms with Gasteiger partial charge >= 0.3 is 5.97 Å². The van der Waals surface area contributed by atoms with Gasteiger partial charge in [0.1, 0.15) is 5.82 Å². The molecule has 1 aromatic rings. The number of anilines is 1. The smallest absolute Gasteiger partial charge is 0.356 e. The number of nitrogens with zero attached hydrogens (tertiary/aromatic N) is 1. The van der Waals surface area contributed by atoms with E-state index in [0.29, 0.717) is 24.0 Å². The van der Waals surface area contributed by atoms with E-state index in [1.54, 1.807) is 13.0 Å². The van der Waals surface area contributed by atoms with Gasteiger partial charge in [0, 0.05) is 0 Å². The van der Waals surface area contributed by atoms with Crippen LogP contribution in [0.15, 0.2) is 12.1 Å². The van der Waals surface area contributed by atoms with Crippen LogP contribution in [-0.2, 0) is 11.2 Å². The molecule has 0 saturated heterocycles. The minimum Gasteiger partial charge on any atom is -0.461 e. The molecule has 4 heteroatoms. The van der Waals surface area contributed by atoms with Gasteiger partial charge in [-0.15, -0.1) is 0 Å². The molecule has 1 aliphatic rings. The van der Waals surface area contributed by atoms with Crippen molar-refractivity contribution in [1.82, 2.24) is 4.98 Å². The van der Waals surface area contributed by atoms with Crippen molar-refractivity contribution in [3.8, 4) is 0 Å². The van der Waals surface area contributed by atoms with Crippen LogP contribution in [0.2, 0.25) is 0 Å². The molecule has 0 atom stereocenters. The lowest BCUT2D eigenvalue weighted by molar-refractivity contribution is 0.0519. The third kappa shape index (κ3) is 3.69. The molecular weight excluding hydrogens is 240 g/mol. The predicted molar refractivity (Wildman–Crippen MR) is 74.9 cm³/mol. The van der Waals surface area contributed by atoms with Gasteiger partial charge in [-0.25, -0.2) is 9.78 Å². The van der Waals surface area contributed by atoms with Crippen molar-refractivity contribution >= 4 is 11.8 Å². The van der Waals surface area contributed by atoms with E-state index in [9.17, 15) is 4.79 Å². The van der Waals surface area contributed by atoms with E-state index in [1.165, 1.54) is 32.1 Å². The largest absolute Gasteiger partial charge is 0.461 e. The van der Waals surface area contributed by atoms with Gasteiger partial charge in [0.15, 0.2) is 5.69 Å². The number of nitrogen functional groups attached to an aromatic ring is 1. The minimum absolute atomic E-state index is 0.298. The first-order chi connectivity index (χ1) is 9.20. The molecule has 2 rings (SSSR count). The van der Waals surface area contributed by atoms with Crippen molar-refractivity contribution in [1.29, 1.82) is 0 Å². The Morgan fingerprint density at radius 2 is 2.11 bits per heavy atom. The second-order valence-corrected chi connectivity index (χ2v) is 5.17. The lowest BCUT2D eigenvalue weighted by Gasteiger charge is -2.21. The Morgan fingerprint density at radius 3 is 2.74 bits per heavy atom. The highest BCUT2D eigenvalue weighted by atomic mass is 16.5. The molecule has 1 aliphatic carbocycles. The molecule has 104 valence electrons. The molecular formula is C15H22N2O2. The van der Waals surface area contributed by atoms with Crippen molar-refractivity contribution in [3.63, 3.8) is 0 Å². The topological polar surface area (TPSA) is 65.2 Å². The number of aromatic nitrogens is 1. The quantitative estimate of drug-likeness (QED) is 0.847. The normalized spacial score (nSPS) is 16.3. The molecule has 0 spiro atoms. The molecule has 1 saturated carbocycles. The second-order valence-electron chi connectivity index (χ2n) is 5.17. The third-order valence-electron chi connectivity index (χ3n) is 3.73. The maximum atomic E-state index is 11.6. The Hall–Kier alpha value is -1.58. The fourth-order valence-corrected chi connectivity index (χ4v) is 2.70. The van der Waals surface area contributed by atoms with Crippen LogP contribution in [-0.4, -0.2) is 17.6 Å². The van der Waals surface area contributed by atoms with E-state index < -0.39 is 5.97 Å². The summed E-state index contributed by atoms with van der Waals surface area (Å²) < 4.78 is 4.92. The lowest BCUT2D eigenvalue weighted by Crippen LogP contribution is -2.13. The standard InChI is InChI=1S/C15H22N2O2/c1-2-19-15(18)13-9-8-12(14(16)17-13)10-11-6-4-3-5-7-11/h8-9,11H,2-7,10H2,1H3,(H2,16,17). The number of carbonyl (C=O) groups excluding carboxylic acids is 1. The number of ether oxygens (including phenoxy) is 1. The van der Waals surface area contributed by atoms with E-state index in [2.05, 4.69) is 4.98 Å². The molecule has 1 heterocycles. The first-order valence-electron chi connectivity index (χ1n) is 7.13. The van der Waals surface area contributed by atoms with Gasteiger partial charge in [-0.3, -0.25) is 0 Å². The highest BCUT2D eigenvalue weighted by Crippen LogP contribution is 2.28. The van der Waals surface area contributed by atoms with Gasteiger partial charge < -0.3 is 10.5 Å². The van der Waals surface area contributed by atoms with Crippen LogP contribution in [0, 0.1) is 5.92 Å². The van der Waals surface area contributed by atoms with Crippen molar-refractivity contribution in [3.05, 3.63) is 23.4 Å². The summed E-state index contributed by atoms with van der Waals surface area (Å²) in [6.45, 7) is 2.13. The van der Waals surface area contributed by atoms with Crippen molar-refractivity contribution < 1.29 is 9.53 Å². The summed E-state index contributed by atoms with van der Waals surface area (Å²) in [5.41, 5.74) is 7.31. The molecule has 4 nitrogen and oxygen atoms in total. The monoisotopic (exact) mass is 262 g/mol. The summed E-state index contributed by atoms with van der Waals surface area (Å²) in [6.07, 6.45) is 7.52. The number of esters is 1. The van der Waals surface area contributed by atoms with Gasteiger partial charge in [-0.1, -0.05) is 38.2 Å². The van der Waals surface area contributed by atoms with Crippen LogP contribution in [0.25, 0.3) is 0 Å². The van der Waals surface area contributed by atoms with Gasteiger partial charge in [-0.05, 0) is 30.9 Å². The average Bonchev–Trinajstić information content (AvgIpc) is 2.42. The summed E-state index contributed by atoms with van der Waals surface area (Å²) in [5.74, 6) is 0.779. The summed E-state index contributed by atoms with van der Waals surface area (Å²) in [6, 6.07) is 3.63. The summed E-state index contributed by atoms with van der Waals surface area (Å²) in [7, 11) is 0. The Bertz CT molecular complexity index is 440. The van der Waals surface area contributed by atoms with Gasteiger partial charge in [0.05, 0.1) is 6.61 Å². The fraction of sp³-hybridized carbons (Fsp3) is 0.600. The van der Waals surface area contributed by atoms with Gasteiger partial charge in [0.2, 0.25) is 0 Å². The minimum atomic E-state index is -0.404. The van der Waals surface area contributed by atoms with E-state index in [1.807, 2.05) is 6.07 Å². The van der Waals surface area contributed by atoms with Crippen LogP contribution in [0.3, 0.4) is 0 Å². The zero-order chi connectivity index (χ0) is 13.7. The summed E-state index contributed by atoms with van der Waals surface area (Å²) >= 11 is 0. The lowest BCUT2D eigenvalue weighted by atomic mass is 9.85. The van der Waals surface area contributed by atoms with Gasteiger partial charge in [-0.2, -0.15) is 0 Å². The van der Waals surface area contributed by atoms with E-state index in [-0.39, 0.29) is 0 Å². The highest BCUT2D eigenvalue weighted by molar-refractivity contribution is 5.87. The fourth-order valence-electron chi connectivity index (χ4n) is 2.70. The molecule has 2 N–H and O–H groups in total. The second kappa shape index (κ2) is 6.55. The van der Waals surface area contributed by atoms with E-state index >= 15 is 0 Å². The van der Waals surface area contributed by atoms with Crippen molar-refractivity contribution in [2.75, 3.05) is 12.3 Å². The number of rotatable bonds is 4. The zero-order valence-corrected chi connectivity index (χ0v) is 11.5. The molecule has 1 fully saturated rings. The highest BCUT2D eigenvalue weighted by Gasteiger charge is 2.17. The number of pyridine rings is 1. The van der Waals surface area contributed by atoms with Crippen LogP contribution >= 0.6 is 0 Å². The first-order valence-corrected chi connectivity index (χ1v) is 7.13. The maximum Gasteiger partial charge on any atom is 0.356 e. The molecule has 0 aromatic carbocycles. The van der Waals surface area contributed by atoms with Gasteiger partial charge in [0.25, 0.3) is 0 Å². The number of nitrogens with two attached hydrogens (primary N) is 1. The average molecular weight is 262 g/mol. The molecule has 19 heavy (non-hydrogen) atoms. The van der Waals surface area contributed by atoms with Crippen LogP contribution in [0.5, 0.6) is 0 Å². The SMILES string of the molecule is CCOC(=O)c1ccc(CC2CCCCC2)c(N)n1. The zero-order valence-electron chi connectivity index (χ0n) is 11.5. The molecule has 0 amide bonds. The number of carbonyl (C=O) groups is 1. The molecule has 0 unspecified atom stereocenters. The summed E-state index contributed by atoms with van der Waals surface area (Å²) in [4.78, 5) is 15.7. The van der Waals surface area contributed by atoms with E-state index in [0.717, 1.165) is 12.0 Å². The predicted octanol–water partition coefficient (Wildman–Crippen LogP) is 2.96. The summed E-state index contributed by atoms with van der Waals surface area (Å²) in [5, 5.41) is 0. The van der Waals surface area contributed by atoms with E-state index in [4.69, 9.17) is 10.5 Å².